The second kappa shape index (κ2) is 6.21. The molecule has 1 aromatic carbocycles. The van der Waals surface area contributed by atoms with E-state index in [1.54, 1.807) is 7.05 Å². The van der Waals surface area contributed by atoms with E-state index >= 15 is 0 Å². The van der Waals surface area contributed by atoms with Crippen LogP contribution in [0.2, 0.25) is 0 Å². The van der Waals surface area contributed by atoms with E-state index in [2.05, 4.69) is 5.16 Å². The summed E-state index contributed by atoms with van der Waals surface area (Å²) in [7, 11) is 1.67. The Morgan fingerprint density at radius 1 is 1.33 bits per heavy atom. The third-order valence-corrected chi connectivity index (χ3v) is 2.98. The first-order valence-electron chi connectivity index (χ1n) is 6.41. The molecule has 2 rings (SSSR count). The molecule has 2 aromatic rings. The molecular formula is C15H16N2O4. The van der Waals surface area contributed by atoms with Gasteiger partial charge in [-0.3, -0.25) is 9.59 Å². The van der Waals surface area contributed by atoms with Crippen molar-refractivity contribution in [3.63, 3.8) is 0 Å². The van der Waals surface area contributed by atoms with E-state index in [4.69, 9.17) is 9.26 Å². The van der Waals surface area contributed by atoms with Gasteiger partial charge < -0.3 is 14.2 Å². The van der Waals surface area contributed by atoms with E-state index in [-0.39, 0.29) is 18.2 Å². The minimum Gasteiger partial charge on any atom is -0.458 e. The number of ether oxygens (including phenoxy) is 1. The third kappa shape index (κ3) is 3.47. The number of amides is 1. The highest BCUT2D eigenvalue weighted by Gasteiger charge is 2.19. The van der Waals surface area contributed by atoms with E-state index in [1.807, 2.05) is 31.2 Å². The predicted molar refractivity (Wildman–Crippen MR) is 75.9 cm³/mol. The second-order valence-electron chi connectivity index (χ2n) is 4.61. The van der Waals surface area contributed by atoms with Gasteiger partial charge in [-0.25, -0.2) is 0 Å². The molecule has 0 bridgehead atoms. The zero-order valence-electron chi connectivity index (χ0n) is 12.1. The number of aryl methyl sites for hydroxylation is 1. The number of carbonyl (C=O) groups is 2. The van der Waals surface area contributed by atoms with Crippen LogP contribution in [0.25, 0.3) is 0 Å². The summed E-state index contributed by atoms with van der Waals surface area (Å²) in [6.45, 7) is 3.19. The Kier molecular flexibility index (Phi) is 4.37. The Morgan fingerprint density at radius 2 is 2.05 bits per heavy atom. The summed E-state index contributed by atoms with van der Waals surface area (Å²) in [6.07, 6.45) is 0. The minimum atomic E-state index is -0.420. The average Bonchev–Trinajstić information content (AvgIpc) is 2.93. The Morgan fingerprint density at radius 3 is 2.71 bits per heavy atom. The number of carbonyl (C=O) groups excluding carboxylic acids is 2. The Labute approximate surface area is 122 Å². The number of rotatable bonds is 4. The van der Waals surface area contributed by atoms with Crippen molar-refractivity contribution in [3.05, 3.63) is 47.3 Å². The molecule has 1 amide bonds. The molecule has 0 fully saturated rings. The van der Waals surface area contributed by atoms with Gasteiger partial charge in [-0.05, 0) is 18.6 Å². The normalized spacial score (nSPS) is 10.2. The summed E-state index contributed by atoms with van der Waals surface area (Å²) in [4.78, 5) is 24.6. The molecule has 0 aliphatic rings. The van der Waals surface area contributed by atoms with Crippen LogP contribution in [-0.4, -0.2) is 24.1 Å². The molecule has 0 unspecified atom stereocenters. The van der Waals surface area contributed by atoms with E-state index in [1.165, 1.54) is 17.9 Å². The molecule has 0 radical (unpaired) electrons. The summed E-state index contributed by atoms with van der Waals surface area (Å²) in [5.74, 6) is -0.384. The number of hydrogen-bond acceptors (Lipinski definition) is 5. The number of nitrogens with zero attached hydrogens (tertiary/aromatic N) is 2. The first-order valence-corrected chi connectivity index (χ1v) is 6.41. The molecule has 1 heterocycles. The predicted octanol–water partition coefficient (Wildman–Crippen LogP) is 2.32. The van der Waals surface area contributed by atoms with E-state index in [9.17, 15) is 9.59 Å². The highest BCUT2D eigenvalue weighted by atomic mass is 16.5. The fourth-order valence-electron chi connectivity index (χ4n) is 1.88. The molecule has 1 aromatic heterocycles. The van der Waals surface area contributed by atoms with Crippen LogP contribution in [0.15, 0.2) is 34.9 Å². The van der Waals surface area contributed by atoms with Crippen LogP contribution in [0.1, 0.15) is 28.7 Å². The van der Waals surface area contributed by atoms with Gasteiger partial charge in [0.1, 0.15) is 0 Å². The van der Waals surface area contributed by atoms with Crippen molar-refractivity contribution in [2.75, 3.05) is 11.9 Å². The number of benzene rings is 1. The van der Waals surface area contributed by atoms with Crippen LogP contribution < -0.4 is 4.90 Å². The molecule has 6 nitrogen and oxygen atoms in total. The molecule has 0 aliphatic carbocycles. The molecule has 21 heavy (non-hydrogen) atoms. The maximum absolute atomic E-state index is 12.3. The number of para-hydroxylation sites is 1. The standard InChI is InChI=1S/C15H16N2O4/c1-10-6-4-5-7-14(10)17(3)15(19)13-8-12(21-16-13)9-20-11(2)18/h4-8H,9H2,1-3H3. The van der Waals surface area contributed by atoms with Crippen LogP contribution in [0.3, 0.4) is 0 Å². The topological polar surface area (TPSA) is 72.6 Å². The largest absolute Gasteiger partial charge is 0.458 e. The van der Waals surface area contributed by atoms with E-state index in [0.29, 0.717) is 5.76 Å². The second-order valence-corrected chi connectivity index (χ2v) is 4.61. The minimum absolute atomic E-state index is 0.0380. The fourth-order valence-corrected chi connectivity index (χ4v) is 1.88. The molecule has 0 aliphatic heterocycles. The van der Waals surface area contributed by atoms with Gasteiger partial charge in [0, 0.05) is 25.7 Å². The first-order chi connectivity index (χ1) is 9.99. The molecule has 110 valence electrons. The molecule has 0 saturated carbocycles. The number of anilines is 1. The van der Waals surface area contributed by atoms with Gasteiger partial charge in [0.25, 0.3) is 5.91 Å². The van der Waals surface area contributed by atoms with Crippen molar-refractivity contribution < 1.29 is 18.8 Å². The Balaban J connectivity index is 2.13. The summed E-state index contributed by atoms with van der Waals surface area (Å²) in [5.41, 5.74) is 1.95. The number of aromatic nitrogens is 1. The van der Waals surface area contributed by atoms with Gasteiger partial charge in [0.15, 0.2) is 18.1 Å². The van der Waals surface area contributed by atoms with Gasteiger partial charge >= 0.3 is 5.97 Å². The lowest BCUT2D eigenvalue weighted by Crippen LogP contribution is -2.27. The van der Waals surface area contributed by atoms with Gasteiger partial charge in [-0.15, -0.1) is 0 Å². The van der Waals surface area contributed by atoms with Crippen LogP contribution >= 0.6 is 0 Å². The summed E-state index contributed by atoms with van der Waals surface area (Å²) in [5, 5.41) is 3.71. The lowest BCUT2D eigenvalue weighted by molar-refractivity contribution is -0.142. The van der Waals surface area contributed by atoms with Gasteiger partial charge in [-0.1, -0.05) is 23.4 Å². The zero-order valence-corrected chi connectivity index (χ0v) is 12.1. The lowest BCUT2D eigenvalue weighted by Gasteiger charge is -2.17. The maximum atomic E-state index is 12.3. The zero-order chi connectivity index (χ0) is 15.4. The smallest absolute Gasteiger partial charge is 0.303 e. The van der Waals surface area contributed by atoms with Crippen molar-refractivity contribution >= 4 is 17.6 Å². The number of esters is 1. The molecule has 0 spiro atoms. The fraction of sp³-hybridized carbons (Fsp3) is 0.267. The first kappa shape index (κ1) is 14.8. The molecular weight excluding hydrogens is 272 g/mol. The summed E-state index contributed by atoms with van der Waals surface area (Å²) in [6, 6.07) is 9.02. The van der Waals surface area contributed by atoms with Crippen molar-refractivity contribution in [3.8, 4) is 0 Å². The monoisotopic (exact) mass is 288 g/mol. The van der Waals surface area contributed by atoms with Crippen molar-refractivity contribution in [1.82, 2.24) is 5.16 Å². The van der Waals surface area contributed by atoms with Crippen LogP contribution in [0.5, 0.6) is 0 Å². The lowest BCUT2D eigenvalue weighted by atomic mass is 10.2. The molecule has 6 heteroatoms. The van der Waals surface area contributed by atoms with Gasteiger partial charge in [0.2, 0.25) is 0 Å². The highest BCUT2D eigenvalue weighted by Crippen LogP contribution is 2.20. The molecule has 0 N–H and O–H groups in total. The van der Waals surface area contributed by atoms with Gasteiger partial charge in [-0.2, -0.15) is 0 Å². The van der Waals surface area contributed by atoms with E-state index in [0.717, 1.165) is 11.3 Å². The molecule has 0 atom stereocenters. The Hall–Kier alpha value is -2.63. The SMILES string of the molecule is CC(=O)OCc1cc(C(=O)N(C)c2ccccc2C)no1. The van der Waals surface area contributed by atoms with Crippen LogP contribution in [-0.2, 0) is 16.1 Å². The highest BCUT2D eigenvalue weighted by molar-refractivity contribution is 6.04. The summed E-state index contributed by atoms with van der Waals surface area (Å²) >= 11 is 0. The van der Waals surface area contributed by atoms with Gasteiger partial charge in [0.05, 0.1) is 0 Å². The Bertz CT molecular complexity index is 663. The number of hydrogen-bond donors (Lipinski definition) is 0. The van der Waals surface area contributed by atoms with Crippen LogP contribution in [0, 0.1) is 6.92 Å². The summed E-state index contributed by atoms with van der Waals surface area (Å²) < 4.78 is 9.77. The van der Waals surface area contributed by atoms with E-state index < -0.39 is 5.97 Å². The van der Waals surface area contributed by atoms with Crippen molar-refractivity contribution in [1.29, 1.82) is 0 Å². The molecule has 0 saturated heterocycles. The maximum Gasteiger partial charge on any atom is 0.303 e. The van der Waals surface area contributed by atoms with Crippen LogP contribution in [0.4, 0.5) is 5.69 Å². The van der Waals surface area contributed by atoms with Crippen molar-refractivity contribution in [2.24, 2.45) is 0 Å². The quantitative estimate of drug-likeness (QED) is 0.807. The third-order valence-electron chi connectivity index (χ3n) is 2.98. The van der Waals surface area contributed by atoms with Crippen molar-refractivity contribution in [2.45, 2.75) is 20.5 Å². The average molecular weight is 288 g/mol.